The number of carbonyl (C=O) groups excluding carboxylic acids is 1. The zero-order valence-corrected chi connectivity index (χ0v) is 10.5. The van der Waals surface area contributed by atoms with Crippen molar-refractivity contribution in [2.24, 2.45) is 0 Å². The van der Waals surface area contributed by atoms with E-state index in [1.165, 1.54) is 5.56 Å². The van der Waals surface area contributed by atoms with Gasteiger partial charge in [-0.2, -0.15) is 0 Å². The molecule has 1 rings (SSSR count). The summed E-state index contributed by atoms with van der Waals surface area (Å²) in [6.07, 6.45) is 0.530. The zero-order chi connectivity index (χ0) is 12.7. The van der Waals surface area contributed by atoms with Crippen molar-refractivity contribution in [3.8, 4) is 0 Å². The van der Waals surface area contributed by atoms with Crippen LogP contribution < -0.4 is 0 Å². The fourth-order valence-corrected chi connectivity index (χ4v) is 1.69. The molecule has 17 heavy (non-hydrogen) atoms. The van der Waals surface area contributed by atoms with Crippen LogP contribution in [0.1, 0.15) is 18.4 Å². The summed E-state index contributed by atoms with van der Waals surface area (Å²) in [7, 11) is 3.54. The van der Waals surface area contributed by atoms with Gasteiger partial charge in [-0.3, -0.25) is 4.79 Å². The van der Waals surface area contributed by atoms with Gasteiger partial charge in [0, 0.05) is 13.0 Å². The van der Waals surface area contributed by atoms with Gasteiger partial charge >= 0.3 is 0 Å². The summed E-state index contributed by atoms with van der Waals surface area (Å²) >= 11 is 0. The molecule has 0 amide bonds. The maximum absolute atomic E-state index is 13.4. The topological polar surface area (TPSA) is 20.3 Å². The van der Waals surface area contributed by atoms with E-state index in [0.717, 1.165) is 12.8 Å². The molecule has 0 aliphatic carbocycles. The summed E-state index contributed by atoms with van der Waals surface area (Å²) in [5.41, 5.74) is 1.20. The minimum atomic E-state index is -1.35. The van der Waals surface area contributed by atoms with Crippen molar-refractivity contribution in [2.75, 3.05) is 20.6 Å². The number of benzene rings is 1. The van der Waals surface area contributed by atoms with Crippen LogP contribution in [0, 0.1) is 0 Å². The van der Waals surface area contributed by atoms with Gasteiger partial charge in [-0.15, -0.1) is 0 Å². The average Bonchev–Trinajstić information content (AvgIpc) is 2.29. The second kappa shape index (κ2) is 7.17. The van der Waals surface area contributed by atoms with E-state index in [1.54, 1.807) is 19.0 Å². The van der Waals surface area contributed by atoms with Crippen molar-refractivity contribution in [2.45, 2.75) is 25.4 Å². The highest BCUT2D eigenvalue weighted by molar-refractivity contribution is 5.83. The van der Waals surface area contributed by atoms with E-state index >= 15 is 0 Å². The summed E-state index contributed by atoms with van der Waals surface area (Å²) in [5, 5.41) is 0. The number of nitrogens with zero attached hydrogens (tertiary/aromatic N) is 1. The predicted octanol–water partition coefficient (Wildman–Crippen LogP) is 2.48. The Labute approximate surface area is 102 Å². The van der Waals surface area contributed by atoms with Crippen LogP contribution in [0.15, 0.2) is 30.3 Å². The summed E-state index contributed by atoms with van der Waals surface area (Å²) < 4.78 is 13.4. The largest absolute Gasteiger partial charge is 0.306 e. The van der Waals surface area contributed by atoms with Gasteiger partial charge in [0.25, 0.3) is 0 Å². The first kappa shape index (κ1) is 13.8. The first-order chi connectivity index (χ1) is 8.09. The Kier molecular flexibility index (Phi) is 5.84. The van der Waals surface area contributed by atoms with Gasteiger partial charge in [0.05, 0.1) is 0 Å². The molecule has 1 aromatic rings. The van der Waals surface area contributed by atoms with Gasteiger partial charge in [-0.1, -0.05) is 30.3 Å². The molecule has 0 aliphatic rings. The normalized spacial score (nSPS) is 12.7. The number of halogens is 1. The number of hydrogen-bond acceptors (Lipinski definition) is 2. The highest BCUT2D eigenvalue weighted by Crippen LogP contribution is 2.07. The maximum atomic E-state index is 13.4. The minimum absolute atomic E-state index is 0.185. The molecule has 0 bridgehead atoms. The van der Waals surface area contributed by atoms with E-state index in [-0.39, 0.29) is 12.3 Å². The SMILES string of the molecule is CN(C)CC(F)C(=O)CCCc1ccccc1. The summed E-state index contributed by atoms with van der Waals surface area (Å²) in [4.78, 5) is 13.2. The smallest absolute Gasteiger partial charge is 0.171 e. The van der Waals surface area contributed by atoms with E-state index in [0.29, 0.717) is 6.42 Å². The molecule has 3 heteroatoms. The third-order valence-corrected chi connectivity index (χ3v) is 2.61. The number of carbonyl (C=O) groups is 1. The zero-order valence-electron chi connectivity index (χ0n) is 10.5. The molecule has 0 heterocycles. The monoisotopic (exact) mass is 237 g/mol. The van der Waals surface area contributed by atoms with Crippen molar-refractivity contribution >= 4 is 5.78 Å². The van der Waals surface area contributed by atoms with Gasteiger partial charge in [-0.05, 0) is 32.5 Å². The van der Waals surface area contributed by atoms with Gasteiger partial charge in [0.15, 0.2) is 12.0 Å². The Morgan fingerprint density at radius 3 is 2.53 bits per heavy atom. The van der Waals surface area contributed by atoms with E-state index in [9.17, 15) is 9.18 Å². The molecule has 1 atom stereocenters. The van der Waals surface area contributed by atoms with Crippen LogP contribution in [0.25, 0.3) is 0 Å². The van der Waals surface area contributed by atoms with Crippen molar-refractivity contribution < 1.29 is 9.18 Å². The lowest BCUT2D eigenvalue weighted by atomic mass is 10.0. The van der Waals surface area contributed by atoms with Crippen LogP contribution in [0.2, 0.25) is 0 Å². The van der Waals surface area contributed by atoms with Gasteiger partial charge < -0.3 is 4.90 Å². The van der Waals surface area contributed by atoms with E-state index < -0.39 is 6.17 Å². The Bertz CT molecular complexity index is 337. The van der Waals surface area contributed by atoms with Crippen molar-refractivity contribution in [3.63, 3.8) is 0 Å². The standard InChI is InChI=1S/C14H20FNO/c1-16(2)11-13(15)14(17)10-6-9-12-7-4-3-5-8-12/h3-5,7-8,13H,6,9-11H2,1-2H3. The molecule has 2 nitrogen and oxygen atoms in total. The molecule has 1 aromatic carbocycles. The molecule has 0 spiro atoms. The summed E-state index contributed by atoms with van der Waals surface area (Å²) in [6, 6.07) is 9.96. The third-order valence-electron chi connectivity index (χ3n) is 2.61. The van der Waals surface area contributed by atoms with Gasteiger partial charge in [-0.25, -0.2) is 4.39 Å². The highest BCUT2D eigenvalue weighted by Gasteiger charge is 2.17. The third kappa shape index (κ3) is 5.59. The first-order valence-corrected chi connectivity index (χ1v) is 5.95. The van der Waals surface area contributed by atoms with Gasteiger partial charge in [0.1, 0.15) is 0 Å². The Morgan fingerprint density at radius 1 is 1.29 bits per heavy atom. The minimum Gasteiger partial charge on any atom is -0.306 e. The molecular formula is C14H20FNO. The Hall–Kier alpha value is -1.22. The average molecular weight is 237 g/mol. The predicted molar refractivity (Wildman–Crippen MR) is 67.8 cm³/mol. The lowest BCUT2D eigenvalue weighted by Crippen LogP contribution is -2.29. The summed E-state index contributed by atoms with van der Waals surface area (Å²) in [5.74, 6) is -0.283. The van der Waals surface area contributed by atoms with E-state index in [2.05, 4.69) is 0 Å². The second-order valence-corrected chi connectivity index (χ2v) is 4.54. The van der Waals surface area contributed by atoms with Crippen LogP contribution in [-0.4, -0.2) is 37.5 Å². The van der Waals surface area contributed by atoms with Crippen molar-refractivity contribution in [1.82, 2.24) is 4.90 Å². The Balaban J connectivity index is 2.24. The number of alkyl halides is 1. The number of rotatable bonds is 7. The summed E-state index contributed by atoms with van der Waals surface area (Å²) in [6.45, 7) is 0.185. The Morgan fingerprint density at radius 2 is 1.94 bits per heavy atom. The van der Waals surface area contributed by atoms with Crippen LogP contribution in [-0.2, 0) is 11.2 Å². The fraction of sp³-hybridized carbons (Fsp3) is 0.500. The van der Waals surface area contributed by atoms with Crippen LogP contribution in [0.3, 0.4) is 0 Å². The molecule has 0 saturated heterocycles. The molecule has 0 radical (unpaired) electrons. The van der Waals surface area contributed by atoms with Crippen LogP contribution >= 0.6 is 0 Å². The molecule has 0 aromatic heterocycles. The molecule has 0 saturated carbocycles. The van der Waals surface area contributed by atoms with Gasteiger partial charge in [0.2, 0.25) is 0 Å². The molecular weight excluding hydrogens is 217 g/mol. The quantitative estimate of drug-likeness (QED) is 0.726. The van der Waals surface area contributed by atoms with Crippen LogP contribution in [0.5, 0.6) is 0 Å². The molecule has 1 unspecified atom stereocenters. The maximum Gasteiger partial charge on any atom is 0.171 e. The number of hydrogen-bond donors (Lipinski definition) is 0. The molecule has 0 aliphatic heterocycles. The number of aryl methyl sites for hydroxylation is 1. The lowest BCUT2D eigenvalue weighted by Gasteiger charge is -2.12. The highest BCUT2D eigenvalue weighted by atomic mass is 19.1. The van der Waals surface area contributed by atoms with E-state index in [4.69, 9.17) is 0 Å². The second-order valence-electron chi connectivity index (χ2n) is 4.54. The van der Waals surface area contributed by atoms with Crippen molar-refractivity contribution in [1.29, 1.82) is 0 Å². The molecule has 0 N–H and O–H groups in total. The fourth-order valence-electron chi connectivity index (χ4n) is 1.69. The lowest BCUT2D eigenvalue weighted by molar-refractivity contribution is -0.124. The molecule has 0 fully saturated rings. The van der Waals surface area contributed by atoms with E-state index in [1.807, 2.05) is 30.3 Å². The molecule has 94 valence electrons. The first-order valence-electron chi connectivity index (χ1n) is 5.95. The number of Topliss-reactive ketones (excluding diaryl/α,β-unsaturated/α-hetero) is 1. The number of ketones is 1. The van der Waals surface area contributed by atoms with Crippen LogP contribution in [0.4, 0.5) is 4.39 Å². The van der Waals surface area contributed by atoms with Crippen molar-refractivity contribution in [3.05, 3.63) is 35.9 Å².